The van der Waals surface area contributed by atoms with Gasteiger partial charge in [-0.25, -0.2) is 9.59 Å². The highest BCUT2D eigenvalue weighted by molar-refractivity contribution is 5.74. The van der Waals surface area contributed by atoms with E-state index in [1.807, 2.05) is 0 Å². The number of aliphatic carboxylic acids is 1. The molecule has 0 spiro atoms. The van der Waals surface area contributed by atoms with Gasteiger partial charge in [0.15, 0.2) is 12.4 Å². The molecule has 2 amide bonds. The number of carboxylic acids is 1. The van der Waals surface area contributed by atoms with Crippen LogP contribution in [0, 0.1) is 0 Å². The summed E-state index contributed by atoms with van der Waals surface area (Å²) in [6, 6.07) is -0.341. The predicted molar refractivity (Wildman–Crippen MR) is 64.9 cm³/mol. The molecule has 1 aromatic rings. The fourth-order valence-corrected chi connectivity index (χ4v) is 1.90. The van der Waals surface area contributed by atoms with Crippen LogP contribution in [0.3, 0.4) is 0 Å². The molecule has 9 heteroatoms. The van der Waals surface area contributed by atoms with Gasteiger partial charge in [0.1, 0.15) is 0 Å². The second kappa shape index (κ2) is 6.85. The van der Waals surface area contributed by atoms with E-state index in [1.165, 1.54) is 6.33 Å². The van der Waals surface area contributed by atoms with Crippen LogP contribution < -0.4 is 10.6 Å². The van der Waals surface area contributed by atoms with Crippen molar-refractivity contribution in [2.45, 2.75) is 31.5 Å². The molecule has 1 aromatic heterocycles. The van der Waals surface area contributed by atoms with Crippen LogP contribution in [0.25, 0.3) is 0 Å². The van der Waals surface area contributed by atoms with Crippen molar-refractivity contribution in [1.29, 1.82) is 0 Å². The number of carboxylic acid groups (broad SMARTS) is 1. The third kappa shape index (κ3) is 4.19. The van der Waals surface area contributed by atoms with Gasteiger partial charge in [0.2, 0.25) is 5.89 Å². The first-order valence-corrected chi connectivity index (χ1v) is 6.30. The highest BCUT2D eigenvalue weighted by Crippen LogP contribution is 2.18. The van der Waals surface area contributed by atoms with E-state index in [9.17, 15) is 9.59 Å². The molecule has 2 heterocycles. The third-order valence-electron chi connectivity index (χ3n) is 2.90. The lowest BCUT2D eigenvalue weighted by Gasteiger charge is -2.12. The normalized spacial score (nSPS) is 21.6. The second-order valence-electron chi connectivity index (χ2n) is 4.38. The molecule has 1 aliphatic rings. The zero-order valence-corrected chi connectivity index (χ0v) is 10.7. The maximum atomic E-state index is 11.5. The summed E-state index contributed by atoms with van der Waals surface area (Å²) in [6.45, 7) is 0.660. The molecule has 0 aliphatic carbocycles. The Hall–Kier alpha value is -2.16. The lowest BCUT2D eigenvalue weighted by Crippen LogP contribution is -2.40. The molecule has 9 nitrogen and oxygen atoms in total. The average Bonchev–Trinajstić information content (AvgIpc) is 3.07. The molecular weight excluding hydrogens is 268 g/mol. The van der Waals surface area contributed by atoms with Crippen molar-refractivity contribution < 1.29 is 24.0 Å². The van der Waals surface area contributed by atoms with Gasteiger partial charge in [-0.3, -0.25) is 0 Å². The minimum atomic E-state index is -0.962. The molecule has 0 radical (unpaired) electrons. The van der Waals surface area contributed by atoms with E-state index in [2.05, 4.69) is 20.8 Å². The third-order valence-corrected chi connectivity index (χ3v) is 2.90. The van der Waals surface area contributed by atoms with Crippen LogP contribution in [0.1, 0.15) is 18.7 Å². The highest BCUT2D eigenvalue weighted by atomic mass is 16.5. The molecule has 1 fully saturated rings. The van der Waals surface area contributed by atoms with Crippen molar-refractivity contribution in [3.63, 3.8) is 0 Å². The first-order valence-electron chi connectivity index (χ1n) is 6.30. The van der Waals surface area contributed by atoms with Crippen molar-refractivity contribution in [3.05, 3.63) is 12.2 Å². The molecule has 2 unspecified atom stereocenters. The highest BCUT2D eigenvalue weighted by Gasteiger charge is 2.30. The molecule has 0 saturated carbocycles. The van der Waals surface area contributed by atoms with E-state index in [0.29, 0.717) is 31.7 Å². The molecule has 110 valence electrons. The zero-order chi connectivity index (χ0) is 14.4. The van der Waals surface area contributed by atoms with E-state index >= 15 is 0 Å². The standard InChI is InChI=1S/C11H16N4O5/c16-10(17)8-2-1-7(19-8)5-13-11(18)12-4-3-9-14-6-15-20-9/h6-8H,1-5H2,(H,16,17)(H2,12,13,18). The SMILES string of the molecule is O=C(NCCc1ncno1)NCC1CCC(C(=O)O)O1. The summed E-state index contributed by atoms with van der Waals surface area (Å²) in [5.41, 5.74) is 0. The first-order chi connectivity index (χ1) is 9.65. The average molecular weight is 284 g/mol. The van der Waals surface area contributed by atoms with Gasteiger partial charge in [-0.15, -0.1) is 0 Å². The Kier molecular flexibility index (Phi) is 4.88. The summed E-state index contributed by atoms with van der Waals surface area (Å²) in [5.74, 6) is -0.509. The van der Waals surface area contributed by atoms with Gasteiger partial charge in [0.25, 0.3) is 0 Å². The van der Waals surface area contributed by atoms with Gasteiger partial charge in [-0.05, 0) is 12.8 Å². The Labute approximate surface area is 114 Å². The minimum absolute atomic E-state index is 0.252. The van der Waals surface area contributed by atoms with E-state index < -0.39 is 12.1 Å². The van der Waals surface area contributed by atoms with E-state index in [-0.39, 0.29) is 18.7 Å². The summed E-state index contributed by atoms with van der Waals surface area (Å²) in [4.78, 5) is 26.0. The Morgan fingerprint density at radius 3 is 2.90 bits per heavy atom. The second-order valence-corrected chi connectivity index (χ2v) is 4.38. The fourth-order valence-electron chi connectivity index (χ4n) is 1.90. The number of carbonyl (C=O) groups is 2. The van der Waals surface area contributed by atoms with Gasteiger partial charge >= 0.3 is 12.0 Å². The number of hydrogen-bond acceptors (Lipinski definition) is 6. The number of carbonyl (C=O) groups excluding carboxylic acids is 1. The van der Waals surface area contributed by atoms with Crippen LogP contribution in [0.2, 0.25) is 0 Å². The molecule has 1 aliphatic heterocycles. The zero-order valence-electron chi connectivity index (χ0n) is 10.7. The number of urea groups is 1. The van der Waals surface area contributed by atoms with Crippen LogP contribution in [0.15, 0.2) is 10.9 Å². The number of ether oxygens (including phenoxy) is 1. The molecule has 2 rings (SSSR count). The molecule has 2 atom stereocenters. The summed E-state index contributed by atoms with van der Waals surface area (Å²) in [7, 11) is 0. The summed E-state index contributed by atoms with van der Waals surface area (Å²) in [5, 5.41) is 17.5. The number of nitrogens with zero attached hydrogens (tertiary/aromatic N) is 2. The van der Waals surface area contributed by atoms with Crippen LogP contribution in [0.4, 0.5) is 4.79 Å². The minimum Gasteiger partial charge on any atom is -0.479 e. The van der Waals surface area contributed by atoms with Crippen molar-refractivity contribution in [1.82, 2.24) is 20.8 Å². The smallest absolute Gasteiger partial charge is 0.332 e. The maximum absolute atomic E-state index is 11.5. The summed E-state index contributed by atoms with van der Waals surface area (Å²) in [6.07, 6.45) is 1.83. The van der Waals surface area contributed by atoms with Gasteiger partial charge in [-0.1, -0.05) is 5.16 Å². The summed E-state index contributed by atoms with van der Waals surface area (Å²) < 4.78 is 10.0. The topological polar surface area (TPSA) is 127 Å². The molecular formula is C11H16N4O5. The molecule has 0 aromatic carbocycles. The molecule has 1 saturated heterocycles. The van der Waals surface area contributed by atoms with Crippen LogP contribution in [-0.4, -0.2) is 52.5 Å². The van der Waals surface area contributed by atoms with Crippen molar-refractivity contribution in [2.75, 3.05) is 13.1 Å². The van der Waals surface area contributed by atoms with Gasteiger partial charge in [-0.2, -0.15) is 4.98 Å². The van der Waals surface area contributed by atoms with Crippen molar-refractivity contribution in [2.24, 2.45) is 0 Å². The van der Waals surface area contributed by atoms with Crippen molar-refractivity contribution in [3.8, 4) is 0 Å². The Morgan fingerprint density at radius 1 is 1.40 bits per heavy atom. The largest absolute Gasteiger partial charge is 0.479 e. The number of amides is 2. The fraction of sp³-hybridized carbons (Fsp3) is 0.636. The summed E-state index contributed by atoms with van der Waals surface area (Å²) >= 11 is 0. The Balaban J connectivity index is 1.57. The molecule has 0 bridgehead atoms. The van der Waals surface area contributed by atoms with Gasteiger partial charge in [0.05, 0.1) is 6.10 Å². The van der Waals surface area contributed by atoms with E-state index in [1.54, 1.807) is 0 Å². The molecule has 20 heavy (non-hydrogen) atoms. The lowest BCUT2D eigenvalue weighted by molar-refractivity contribution is -0.149. The number of hydrogen-bond donors (Lipinski definition) is 3. The van der Waals surface area contributed by atoms with Gasteiger partial charge < -0.3 is 25.0 Å². The number of nitrogens with one attached hydrogen (secondary N) is 2. The van der Waals surface area contributed by atoms with Crippen LogP contribution in [-0.2, 0) is 16.0 Å². The number of rotatable bonds is 6. The quantitative estimate of drug-likeness (QED) is 0.645. The lowest BCUT2D eigenvalue weighted by atomic mass is 10.2. The predicted octanol–water partition coefficient (Wildman–Crippen LogP) is -0.456. The van der Waals surface area contributed by atoms with E-state index in [4.69, 9.17) is 14.4 Å². The Morgan fingerprint density at radius 2 is 2.25 bits per heavy atom. The van der Waals surface area contributed by atoms with Gasteiger partial charge in [0, 0.05) is 19.5 Å². The van der Waals surface area contributed by atoms with E-state index in [0.717, 1.165) is 0 Å². The van der Waals surface area contributed by atoms with Crippen molar-refractivity contribution >= 4 is 12.0 Å². The van der Waals surface area contributed by atoms with Crippen LogP contribution >= 0.6 is 0 Å². The van der Waals surface area contributed by atoms with Crippen LogP contribution in [0.5, 0.6) is 0 Å². The molecule has 3 N–H and O–H groups in total. The number of aromatic nitrogens is 2. The Bertz CT molecular complexity index is 450. The monoisotopic (exact) mass is 284 g/mol. The first kappa shape index (κ1) is 14.3. The maximum Gasteiger partial charge on any atom is 0.332 e.